The Kier molecular flexibility index (Phi) is 3.51. The normalized spacial score (nSPS) is 18.9. The van der Waals surface area contributed by atoms with E-state index in [1.807, 2.05) is 0 Å². The highest BCUT2D eigenvalue weighted by atomic mass is 79.9. The first kappa shape index (κ1) is 12.8. The molecule has 0 saturated carbocycles. The highest BCUT2D eigenvalue weighted by molar-refractivity contribution is 9.10. The van der Waals surface area contributed by atoms with Crippen LogP contribution in [0.5, 0.6) is 0 Å². The zero-order valence-corrected chi connectivity index (χ0v) is 10.9. The molecule has 1 atom stereocenters. The average Bonchev–Trinajstić information content (AvgIpc) is 2.77. The van der Waals surface area contributed by atoms with Crippen LogP contribution in [0.2, 0.25) is 0 Å². The number of benzene rings is 1. The summed E-state index contributed by atoms with van der Waals surface area (Å²) in [6, 6.07) is 3.77. The molecule has 0 N–H and O–H groups in total. The lowest BCUT2D eigenvalue weighted by molar-refractivity contribution is -0.384. The van der Waals surface area contributed by atoms with E-state index in [4.69, 9.17) is 0 Å². The van der Waals surface area contributed by atoms with Crippen molar-refractivity contribution < 1.29 is 14.8 Å². The Labute approximate surface area is 111 Å². The minimum absolute atomic E-state index is 0.0995. The van der Waals surface area contributed by atoms with Crippen molar-refractivity contribution in [1.82, 2.24) is 0 Å². The molecule has 7 heteroatoms. The van der Waals surface area contributed by atoms with E-state index < -0.39 is 16.9 Å². The molecular weight excluding hydrogens is 304 g/mol. The smallest absolute Gasteiger partial charge is 0.293 e. The van der Waals surface area contributed by atoms with E-state index in [9.17, 15) is 20.0 Å². The first-order chi connectivity index (χ1) is 8.52. The van der Waals surface area contributed by atoms with Crippen molar-refractivity contribution in [3.8, 4) is 0 Å². The summed E-state index contributed by atoms with van der Waals surface area (Å²) in [5.41, 5.74) is 0.215. The van der Waals surface area contributed by atoms with Gasteiger partial charge in [0.15, 0.2) is 0 Å². The Morgan fingerprint density at radius 3 is 2.83 bits per heavy atom. The van der Waals surface area contributed by atoms with Crippen LogP contribution in [0.4, 0.5) is 11.4 Å². The number of aliphatic carboxylic acids is 1. The number of para-hydroxylation sites is 1. The van der Waals surface area contributed by atoms with E-state index in [1.54, 1.807) is 12.1 Å². The van der Waals surface area contributed by atoms with Gasteiger partial charge in [0.1, 0.15) is 5.69 Å². The van der Waals surface area contributed by atoms with Crippen molar-refractivity contribution in [2.75, 3.05) is 11.4 Å². The number of carboxylic acid groups (broad SMARTS) is 1. The van der Waals surface area contributed by atoms with Gasteiger partial charge in [-0.3, -0.25) is 10.1 Å². The highest BCUT2D eigenvalue weighted by Crippen LogP contribution is 2.39. The number of nitro groups is 1. The molecule has 2 rings (SSSR count). The van der Waals surface area contributed by atoms with E-state index in [1.165, 1.54) is 11.0 Å². The van der Waals surface area contributed by atoms with Crippen LogP contribution in [-0.2, 0) is 4.79 Å². The van der Waals surface area contributed by atoms with Crippen LogP contribution in [0.1, 0.15) is 12.8 Å². The molecule has 96 valence electrons. The second kappa shape index (κ2) is 4.93. The number of nitrogens with zero attached hydrogens (tertiary/aromatic N) is 2. The Morgan fingerprint density at radius 1 is 1.50 bits per heavy atom. The van der Waals surface area contributed by atoms with E-state index in [2.05, 4.69) is 15.9 Å². The molecule has 1 aliphatic rings. The van der Waals surface area contributed by atoms with Crippen LogP contribution in [0.3, 0.4) is 0 Å². The second-order valence-corrected chi connectivity index (χ2v) is 4.89. The van der Waals surface area contributed by atoms with Gasteiger partial charge in [0.25, 0.3) is 5.69 Å². The summed E-state index contributed by atoms with van der Waals surface area (Å²) in [5, 5.41) is 22.0. The monoisotopic (exact) mass is 313 g/mol. The third-order valence-corrected chi connectivity index (χ3v) is 3.61. The van der Waals surface area contributed by atoms with Crippen molar-refractivity contribution in [3.63, 3.8) is 0 Å². The number of nitro benzene ring substituents is 1. The van der Waals surface area contributed by atoms with E-state index in [-0.39, 0.29) is 5.69 Å². The molecule has 0 aliphatic carbocycles. The number of anilines is 1. The second-order valence-electron chi connectivity index (χ2n) is 4.04. The summed E-state index contributed by atoms with van der Waals surface area (Å²) in [6.45, 7) is 0.474. The van der Waals surface area contributed by atoms with Gasteiger partial charge < -0.3 is 14.8 Å². The summed E-state index contributed by atoms with van der Waals surface area (Å²) >= 11 is 3.24. The lowest BCUT2D eigenvalue weighted by atomic mass is 10.2. The van der Waals surface area contributed by atoms with Gasteiger partial charge in [0, 0.05) is 17.1 Å². The highest BCUT2D eigenvalue weighted by Gasteiger charge is 2.31. The Balaban J connectivity index is 2.50. The first-order valence-electron chi connectivity index (χ1n) is 5.42. The molecule has 1 unspecified atom stereocenters. The van der Waals surface area contributed by atoms with Gasteiger partial charge in [-0.05, 0) is 34.8 Å². The zero-order valence-electron chi connectivity index (χ0n) is 9.34. The number of carbonyl (C=O) groups excluding carboxylic acids is 1. The fraction of sp³-hybridized carbons (Fsp3) is 0.364. The summed E-state index contributed by atoms with van der Waals surface area (Å²) in [5.74, 6) is -1.20. The molecular formula is C11H10BrN2O4-. The summed E-state index contributed by atoms with van der Waals surface area (Å²) in [4.78, 5) is 23.1. The Morgan fingerprint density at radius 2 is 2.22 bits per heavy atom. The van der Waals surface area contributed by atoms with Crippen molar-refractivity contribution in [1.29, 1.82) is 0 Å². The third kappa shape index (κ3) is 2.17. The molecule has 1 aromatic rings. The zero-order chi connectivity index (χ0) is 13.3. The fourth-order valence-corrected chi connectivity index (χ4v) is 2.80. The van der Waals surface area contributed by atoms with Crippen LogP contribution >= 0.6 is 15.9 Å². The van der Waals surface area contributed by atoms with Gasteiger partial charge in [-0.2, -0.15) is 0 Å². The molecule has 1 saturated heterocycles. The minimum Gasteiger partial charge on any atom is -0.548 e. The van der Waals surface area contributed by atoms with Crippen LogP contribution in [-0.4, -0.2) is 23.5 Å². The van der Waals surface area contributed by atoms with E-state index >= 15 is 0 Å². The summed E-state index contributed by atoms with van der Waals surface area (Å²) in [7, 11) is 0. The van der Waals surface area contributed by atoms with Crippen LogP contribution in [0, 0.1) is 10.1 Å². The Bertz CT molecular complexity index is 506. The van der Waals surface area contributed by atoms with E-state index in [0.717, 1.165) is 0 Å². The number of carbonyl (C=O) groups is 1. The molecule has 6 nitrogen and oxygen atoms in total. The summed E-state index contributed by atoms with van der Waals surface area (Å²) < 4.78 is 0.518. The van der Waals surface area contributed by atoms with Crippen LogP contribution in [0.25, 0.3) is 0 Å². The predicted octanol–water partition coefficient (Wildman–Crippen LogP) is 1.08. The molecule has 0 radical (unpaired) electrons. The number of halogens is 1. The standard InChI is InChI=1S/C11H11BrN2O4/c12-7-3-1-4-8(14(17)18)10(7)13-6-2-5-9(13)11(15)16/h1,3-4,9H,2,5-6H2,(H,15,16)/p-1. The maximum Gasteiger partial charge on any atom is 0.293 e. The van der Waals surface area contributed by atoms with Crippen molar-refractivity contribution in [2.45, 2.75) is 18.9 Å². The molecule has 0 spiro atoms. The molecule has 0 amide bonds. The first-order valence-corrected chi connectivity index (χ1v) is 6.22. The molecule has 0 bridgehead atoms. The number of carboxylic acids is 1. The largest absolute Gasteiger partial charge is 0.548 e. The lowest BCUT2D eigenvalue weighted by Crippen LogP contribution is -2.44. The van der Waals surface area contributed by atoms with E-state index in [0.29, 0.717) is 29.5 Å². The maximum absolute atomic E-state index is 11.0. The van der Waals surface area contributed by atoms with Crippen LogP contribution < -0.4 is 10.0 Å². The number of hydrogen-bond acceptors (Lipinski definition) is 5. The summed E-state index contributed by atoms with van der Waals surface area (Å²) in [6.07, 6.45) is 1.12. The van der Waals surface area contributed by atoms with Crippen LogP contribution in [0.15, 0.2) is 22.7 Å². The Hall–Kier alpha value is -1.63. The molecule has 1 fully saturated rings. The van der Waals surface area contributed by atoms with Gasteiger partial charge in [-0.1, -0.05) is 6.07 Å². The molecule has 1 aliphatic heterocycles. The molecule has 1 heterocycles. The van der Waals surface area contributed by atoms with Crippen molar-refractivity contribution >= 4 is 33.3 Å². The topological polar surface area (TPSA) is 86.5 Å². The number of rotatable bonds is 3. The van der Waals surface area contributed by atoms with Gasteiger partial charge >= 0.3 is 0 Å². The van der Waals surface area contributed by atoms with Gasteiger partial charge in [-0.25, -0.2) is 0 Å². The van der Waals surface area contributed by atoms with Crippen molar-refractivity contribution in [3.05, 3.63) is 32.8 Å². The van der Waals surface area contributed by atoms with Gasteiger partial charge in [0.05, 0.1) is 16.9 Å². The third-order valence-electron chi connectivity index (χ3n) is 2.97. The molecule has 1 aromatic carbocycles. The van der Waals surface area contributed by atoms with Gasteiger partial charge in [-0.15, -0.1) is 0 Å². The maximum atomic E-state index is 11.0. The quantitative estimate of drug-likeness (QED) is 0.615. The molecule has 18 heavy (non-hydrogen) atoms. The lowest BCUT2D eigenvalue weighted by Gasteiger charge is -2.27. The molecule has 0 aromatic heterocycles. The minimum atomic E-state index is -1.20. The van der Waals surface area contributed by atoms with Crippen molar-refractivity contribution in [2.24, 2.45) is 0 Å². The SMILES string of the molecule is O=C([O-])C1CCCN1c1c(Br)cccc1[N+](=O)[O-]. The average molecular weight is 314 g/mol. The fourth-order valence-electron chi connectivity index (χ4n) is 2.21. The number of hydrogen-bond donors (Lipinski definition) is 0. The predicted molar refractivity (Wildman–Crippen MR) is 66.2 cm³/mol. The van der Waals surface area contributed by atoms with Gasteiger partial charge in [0.2, 0.25) is 0 Å².